The number of anilines is 1. The lowest BCUT2D eigenvalue weighted by molar-refractivity contribution is 0.0257. The molecule has 140 valence electrons. The zero-order valence-corrected chi connectivity index (χ0v) is 16.1. The van der Waals surface area contributed by atoms with E-state index >= 15 is 0 Å². The van der Waals surface area contributed by atoms with Gasteiger partial charge < -0.3 is 14.1 Å². The molecule has 3 aromatic rings. The van der Waals surface area contributed by atoms with E-state index in [1.165, 1.54) is 4.68 Å². The largest absolute Gasteiger partial charge is 0.467 e. The molecule has 0 bridgehead atoms. The van der Waals surface area contributed by atoms with Crippen LogP contribution in [0.3, 0.4) is 0 Å². The van der Waals surface area contributed by atoms with Crippen LogP contribution in [-0.4, -0.2) is 29.5 Å². The summed E-state index contributed by atoms with van der Waals surface area (Å²) in [6.45, 7) is 3.53. The third-order valence-electron chi connectivity index (χ3n) is 4.57. The van der Waals surface area contributed by atoms with E-state index in [2.05, 4.69) is 5.10 Å². The molecule has 4 rings (SSSR count). The lowest BCUT2D eigenvalue weighted by Gasteiger charge is -2.33. The predicted molar refractivity (Wildman–Crippen MR) is 104 cm³/mol. The molecule has 0 N–H and O–H groups in total. The highest BCUT2D eigenvalue weighted by Crippen LogP contribution is 2.29. The first kappa shape index (κ1) is 18.1. The Morgan fingerprint density at radius 1 is 1.26 bits per heavy atom. The standard InChI is InChI=1S/C19H17Cl2N3O3/c1-12-4-5-13(9-14(12)20)24-19(25)18(21)15(10-22-24)23-6-8-27-17(11-23)16-3-2-7-26-16/h2-5,7,9-10,17H,6,8,11H2,1H3. The van der Waals surface area contributed by atoms with E-state index in [0.29, 0.717) is 36.1 Å². The van der Waals surface area contributed by atoms with Crippen molar-refractivity contribution < 1.29 is 9.15 Å². The van der Waals surface area contributed by atoms with Gasteiger partial charge >= 0.3 is 0 Å². The van der Waals surface area contributed by atoms with E-state index in [-0.39, 0.29) is 11.1 Å². The summed E-state index contributed by atoms with van der Waals surface area (Å²) in [6.07, 6.45) is 2.99. The molecule has 1 aliphatic rings. The Balaban J connectivity index is 1.65. The Labute approximate surface area is 165 Å². The maximum absolute atomic E-state index is 12.8. The minimum absolute atomic E-state index is 0.113. The number of morpholine rings is 1. The van der Waals surface area contributed by atoms with Gasteiger partial charge in [-0.3, -0.25) is 4.79 Å². The second-order valence-electron chi connectivity index (χ2n) is 6.32. The molecule has 8 heteroatoms. The highest BCUT2D eigenvalue weighted by molar-refractivity contribution is 6.33. The summed E-state index contributed by atoms with van der Waals surface area (Å²) in [5.41, 5.74) is 1.68. The average molecular weight is 406 g/mol. The number of aromatic nitrogens is 2. The summed E-state index contributed by atoms with van der Waals surface area (Å²) in [7, 11) is 0. The van der Waals surface area contributed by atoms with Gasteiger partial charge in [0, 0.05) is 11.6 Å². The number of hydrogen-bond donors (Lipinski definition) is 0. The third kappa shape index (κ3) is 3.48. The lowest BCUT2D eigenvalue weighted by Crippen LogP contribution is -2.39. The van der Waals surface area contributed by atoms with Crippen LogP contribution in [0.4, 0.5) is 5.69 Å². The summed E-state index contributed by atoms with van der Waals surface area (Å²) in [5.74, 6) is 0.742. The fourth-order valence-electron chi connectivity index (χ4n) is 3.06. The number of aryl methyl sites for hydroxylation is 1. The van der Waals surface area contributed by atoms with Crippen molar-refractivity contribution in [3.05, 3.63) is 74.5 Å². The van der Waals surface area contributed by atoms with Crippen molar-refractivity contribution in [1.29, 1.82) is 0 Å². The van der Waals surface area contributed by atoms with Gasteiger partial charge in [0.1, 0.15) is 16.9 Å². The topological polar surface area (TPSA) is 60.5 Å². The first-order valence-electron chi connectivity index (χ1n) is 8.49. The predicted octanol–water partition coefficient (Wildman–Crippen LogP) is 4.02. The Hall–Kier alpha value is -2.28. The number of furan rings is 1. The van der Waals surface area contributed by atoms with Gasteiger partial charge in [0.05, 0.1) is 37.0 Å². The molecule has 0 spiro atoms. The molecule has 1 atom stereocenters. The van der Waals surface area contributed by atoms with Gasteiger partial charge in [0.15, 0.2) is 0 Å². The molecule has 2 aromatic heterocycles. The monoisotopic (exact) mass is 405 g/mol. The molecule has 0 saturated carbocycles. The number of hydrogen-bond acceptors (Lipinski definition) is 5. The SMILES string of the molecule is Cc1ccc(-n2ncc(N3CCOC(c4ccco4)C3)c(Cl)c2=O)cc1Cl. The molecular weight excluding hydrogens is 389 g/mol. The zero-order valence-electron chi connectivity index (χ0n) is 14.6. The molecule has 27 heavy (non-hydrogen) atoms. The molecule has 1 fully saturated rings. The van der Waals surface area contributed by atoms with Crippen LogP contribution in [0.5, 0.6) is 0 Å². The minimum Gasteiger partial charge on any atom is -0.467 e. The Bertz CT molecular complexity index is 1020. The number of nitrogens with zero attached hydrogens (tertiary/aromatic N) is 3. The molecular formula is C19H17Cl2N3O3. The Morgan fingerprint density at radius 2 is 2.11 bits per heavy atom. The van der Waals surface area contributed by atoms with Crippen molar-refractivity contribution in [1.82, 2.24) is 9.78 Å². The molecule has 1 aliphatic heterocycles. The molecule has 1 aromatic carbocycles. The van der Waals surface area contributed by atoms with Crippen molar-refractivity contribution in [3.8, 4) is 5.69 Å². The molecule has 6 nitrogen and oxygen atoms in total. The van der Waals surface area contributed by atoms with Gasteiger partial charge in [-0.25, -0.2) is 0 Å². The van der Waals surface area contributed by atoms with E-state index in [1.807, 2.05) is 30.0 Å². The second kappa shape index (κ2) is 7.38. The quantitative estimate of drug-likeness (QED) is 0.658. The summed E-state index contributed by atoms with van der Waals surface area (Å²) >= 11 is 12.6. The molecule has 3 heterocycles. The van der Waals surface area contributed by atoms with Crippen molar-refractivity contribution in [2.45, 2.75) is 13.0 Å². The van der Waals surface area contributed by atoms with Crippen LogP contribution < -0.4 is 10.5 Å². The number of benzene rings is 1. The van der Waals surface area contributed by atoms with Crippen molar-refractivity contribution in [3.63, 3.8) is 0 Å². The van der Waals surface area contributed by atoms with Crippen molar-refractivity contribution >= 4 is 28.9 Å². The maximum Gasteiger partial charge on any atom is 0.292 e. The fourth-order valence-corrected chi connectivity index (χ4v) is 3.48. The Kier molecular flexibility index (Phi) is 4.95. The molecule has 0 radical (unpaired) electrons. The van der Waals surface area contributed by atoms with Gasteiger partial charge in [-0.2, -0.15) is 9.78 Å². The molecule has 0 aliphatic carbocycles. The summed E-state index contributed by atoms with van der Waals surface area (Å²) < 4.78 is 12.4. The van der Waals surface area contributed by atoms with Crippen LogP contribution in [-0.2, 0) is 4.74 Å². The third-order valence-corrected chi connectivity index (χ3v) is 5.33. The van der Waals surface area contributed by atoms with Crippen LogP contribution >= 0.6 is 23.2 Å². The number of rotatable bonds is 3. The molecule has 1 unspecified atom stereocenters. The van der Waals surface area contributed by atoms with Crippen LogP contribution in [0.2, 0.25) is 10.0 Å². The highest BCUT2D eigenvalue weighted by Gasteiger charge is 2.26. The van der Waals surface area contributed by atoms with E-state index in [4.69, 9.17) is 32.4 Å². The van der Waals surface area contributed by atoms with Crippen molar-refractivity contribution in [2.24, 2.45) is 0 Å². The van der Waals surface area contributed by atoms with E-state index in [1.54, 1.807) is 24.6 Å². The number of ether oxygens (including phenoxy) is 1. The maximum atomic E-state index is 12.8. The van der Waals surface area contributed by atoms with Gasteiger partial charge in [0.2, 0.25) is 0 Å². The first-order valence-corrected chi connectivity index (χ1v) is 9.24. The van der Waals surface area contributed by atoms with Gasteiger partial charge in [-0.05, 0) is 36.8 Å². The smallest absolute Gasteiger partial charge is 0.292 e. The van der Waals surface area contributed by atoms with Gasteiger partial charge in [-0.15, -0.1) is 0 Å². The number of halogens is 2. The van der Waals surface area contributed by atoms with Gasteiger partial charge in [0.25, 0.3) is 5.56 Å². The zero-order chi connectivity index (χ0) is 19.0. The first-order chi connectivity index (χ1) is 13.0. The molecule has 0 amide bonds. The summed E-state index contributed by atoms with van der Waals surface area (Å²) in [5, 5.41) is 4.98. The normalized spacial score (nSPS) is 17.3. The fraction of sp³-hybridized carbons (Fsp3) is 0.263. The van der Waals surface area contributed by atoms with Crippen LogP contribution in [0.25, 0.3) is 5.69 Å². The van der Waals surface area contributed by atoms with E-state index in [9.17, 15) is 4.79 Å². The summed E-state index contributed by atoms with van der Waals surface area (Å²) in [4.78, 5) is 14.8. The minimum atomic E-state index is -0.393. The average Bonchev–Trinajstić information content (AvgIpc) is 3.21. The van der Waals surface area contributed by atoms with E-state index < -0.39 is 5.56 Å². The molecule has 1 saturated heterocycles. The Morgan fingerprint density at radius 3 is 2.85 bits per heavy atom. The van der Waals surface area contributed by atoms with E-state index in [0.717, 1.165) is 11.3 Å². The highest BCUT2D eigenvalue weighted by atomic mass is 35.5. The van der Waals surface area contributed by atoms with Crippen LogP contribution in [0.1, 0.15) is 17.4 Å². The van der Waals surface area contributed by atoms with Crippen LogP contribution in [0, 0.1) is 6.92 Å². The second-order valence-corrected chi connectivity index (χ2v) is 7.10. The van der Waals surface area contributed by atoms with Crippen LogP contribution in [0.15, 0.2) is 52.0 Å². The van der Waals surface area contributed by atoms with Crippen molar-refractivity contribution in [2.75, 3.05) is 24.6 Å². The summed E-state index contributed by atoms with van der Waals surface area (Å²) in [6, 6.07) is 9.01. The lowest BCUT2D eigenvalue weighted by atomic mass is 10.2. The van der Waals surface area contributed by atoms with Gasteiger partial charge in [-0.1, -0.05) is 29.3 Å².